The van der Waals surface area contributed by atoms with Gasteiger partial charge in [-0.2, -0.15) is 5.26 Å². The number of rotatable bonds is 4. The number of amides is 1. The fourth-order valence-electron chi connectivity index (χ4n) is 3.02. The molecule has 3 aromatic rings. The number of halogens is 2. The molecule has 1 amide bonds. The zero-order chi connectivity index (χ0) is 21.3. The number of nitrogens with one attached hydrogen (secondary N) is 2. The van der Waals surface area contributed by atoms with E-state index in [1.807, 2.05) is 6.07 Å². The summed E-state index contributed by atoms with van der Waals surface area (Å²) in [4.78, 5) is 43.3. The van der Waals surface area contributed by atoms with E-state index in [2.05, 4.69) is 15.3 Å². The highest BCUT2D eigenvalue weighted by molar-refractivity contribution is 5.79. The molecule has 0 bridgehead atoms. The van der Waals surface area contributed by atoms with Gasteiger partial charge in [-0.3, -0.25) is 19.1 Å². The molecule has 1 atom stereocenters. The minimum atomic E-state index is -1.40. The number of nitrogens with zero attached hydrogens (tertiary/aromatic N) is 3. The maximum absolute atomic E-state index is 14.0. The van der Waals surface area contributed by atoms with Crippen molar-refractivity contribution in [1.82, 2.24) is 19.9 Å². The first-order chi connectivity index (χ1) is 13.7. The fraction of sp³-hybridized carbons (Fsp3) is 0.211. The van der Waals surface area contributed by atoms with Gasteiger partial charge in [0.05, 0.1) is 22.8 Å². The molecule has 0 saturated heterocycles. The molecule has 3 rings (SSSR count). The fourth-order valence-corrected chi connectivity index (χ4v) is 3.02. The molecule has 0 saturated carbocycles. The van der Waals surface area contributed by atoms with Crippen molar-refractivity contribution in [2.45, 2.75) is 26.4 Å². The van der Waals surface area contributed by atoms with Crippen LogP contribution in [-0.2, 0) is 11.3 Å². The van der Waals surface area contributed by atoms with Crippen molar-refractivity contribution in [3.8, 4) is 6.07 Å². The van der Waals surface area contributed by atoms with E-state index in [0.717, 1.165) is 12.1 Å². The first-order valence-corrected chi connectivity index (χ1v) is 8.49. The van der Waals surface area contributed by atoms with Crippen molar-refractivity contribution in [2.75, 3.05) is 0 Å². The van der Waals surface area contributed by atoms with Crippen molar-refractivity contribution in [3.05, 3.63) is 73.7 Å². The predicted octanol–water partition coefficient (Wildman–Crippen LogP) is 1.42. The second-order valence-corrected chi connectivity index (χ2v) is 6.43. The van der Waals surface area contributed by atoms with Gasteiger partial charge in [-0.15, -0.1) is 0 Å². The maximum atomic E-state index is 14.0. The largest absolute Gasteiger partial charge is 0.346 e. The molecule has 148 valence electrons. The lowest BCUT2D eigenvalue weighted by Gasteiger charge is -2.16. The summed E-state index contributed by atoms with van der Waals surface area (Å²) in [6, 6.07) is 4.85. The number of pyridine rings is 1. The molecule has 0 unspecified atom stereocenters. The third-order valence-corrected chi connectivity index (χ3v) is 4.38. The van der Waals surface area contributed by atoms with Crippen molar-refractivity contribution < 1.29 is 13.6 Å². The number of hydrogen-bond acceptors (Lipinski definition) is 5. The average molecular weight is 399 g/mol. The topological polar surface area (TPSA) is 121 Å². The van der Waals surface area contributed by atoms with E-state index in [0.29, 0.717) is 21.4 Å². The highest BCUT2D eigenvalue weighted by Crippen LogP contribution is 2.16. The van der Waals surface area contributed by atoms with Crippen LogP contribution in [0.3, 0.4) is 0 Å². The van der Waals surface area contributed by atoms with Crippen LogP contribution in [0.1, 0.15) is 29.8 Å². The molecule has 2 heterocycles. The molecule has 1 aromatic carbocycles. The van der Waals surface area contributed by atoms with E-state index < -0.39 is 46.8 Å². The second-order valence-electron chi connectivity index (χ2n) is 6.43. The van der Waals surface area contributed by atoms with Crippen molar-refractivity contribution >= 4 is 16.8 Å². The van der Waals surface area contributed by atoms with Crippen LogP contribution in [0.5, 0.6) is 0 Å². The van der Waals surface area contributed by atoms with E-state index in [-0.39, 0.29) is 5.52 Å². The van der Waals surface area contributed by atoms with Crippen LogP contribution in [0.2, 0.25) is 0 Å². The van der Waals surface area contributed by atoms with E-state index in [9.17, 15) is 23.2 Å². The molecular formula is C19H15F2N5O3. The third-order valence-electron chi connectivity index (χ3n) is 4.38. The van der Waals surface area contributed by atoms with Crippen LogP contribution in [0.15, 0.2) is 34.0 Å². The number of benzene rings is 1. The van der Waals surface area contributed by atoms with E-state index in [4.69, 9.17) is 5.26 Å². The Labute approximate surface area is 162 Å². The summed E-state index contributed by atoms with van der Waals surface area (Å²) in [6.07, 6.45) is 1.36. The number of carbonyl (C=O) groups is 1. The first kappa shape index (κ1) is 19.9. The highest BCUT2D eigenvalue weighted by atomic mass is 19.2. The average Bonchev–Trinajstić information content (AvgIpc) is 2.67. The van der Waals surface area contributed by atoms with Crippen LogP contribution < -0.4 is 16.6 Å². The molecule has 0 aliphatic carbocycles. The Morgan fingerprint density at radius 1 is 1.38 bits per heavy atom. The maximum Gasteiger partial charge on any atom is 0.329 e. The van der Waals surface area contributed by atoms with Gasteiger partial charge >= 0.3 is 5.69 Å². The van der Waals surface area contributed by atoms with Crippen LogP contribution >= 0.6 is 0 Å². The Kier molecular flexibility index (Phi) is 5.23. The molecule has 0 aliphatic heterocycles. The molecule has 2 N–H and O–H groups in total. The van der Waals surface area contributed by atoms with Gasteiger partial charge in [0.15, 0.2) is 11.6 Å². The molecule has 10 heteroatoms. The Balaban J connectivity index is 1.89. The smallest absolute Gasteiger partial charge is 0.329 e. The number of H-pyrrole nitrogens is 1. The summed E-state index contributed by atoms with van der Waals surface area (Å²) in [6.45, 7) is 2.67. The number of aryl methyl sites for hydroxylation is 1. The van der Waals surface area contributed by atoms with Crippen LogP contribution in [0, 0.1) is 29.9 Å². The van der Waals surface area contributed by atoms with Crippen molar-refractivity contribution in [1.29, 1.82) is 5.26 Å². The standard InChI is InChI=1S/C19H15F2N5O3/c1-9-5-11(6-22)7-23-17(9)10(2)24-14(27)8-26-18(28)15-13(25-19(26)29)4-3-12(20)16(15)21/h3-5,7,10H,8H2,1-2H3,(H,24,27)(H,25,29)/t10-/m1/s1. The van der Waals surface area contributed by atoms with E-state index in [1.54, 1.807) is 19.9 Å². The molecule has 0 radical (unpaired) electrons. The summed E-state index contributed by atoms with van der Waals surface area (Å²) >= 11 is 0. The van der Waals surface area contributed by atoms with E-state index in [1.165, 1.54) is 6.20 Å². The Bertz CT molecular complexity index is 1290. The SMILES string of the molecule is Cc1cc(C#N)cnc1[C@@H](C)NC(=O)Cn1c(=O)[nH]c2ccc(F)c(F)c2c1=O. The predicted molar refractivity (Wildman–Crippen MR) is 99.0 cm³/mol. The summed E-state index contributed by atoms with van der Waals surface area (Å²) in [5.74, 6) is -3.34. The Morgan fingerprint density at radius 2 is 2.10 bits per heavy atom. The molecule has 0 aliphatic rings. The lowest BCUT2D eigenvalue weighted by atomic mass is 10.1. The summed E-state index contributed by atoms with van der Waals surface area (Å²) in [7, 11) is 0. The summed E-state index contributed by atoms with van der Waals surface area (Å²) in [5.41, 5.74) is -0.657. The lowest BCUT2D eigenvalue weighted by Crippen LogP contribution is -2.41. The molecule has 0 fully saturated rings. The molecule has 29 heavy (non-hydrogen) atoms. The third kappa shape index (κ3) is 3.75. The Hall–Kier alpha value is -3.87. The highest BCUT2D eigenvalue weighted by Gasteiger charge is 2.19. The van der Waals surface area contributed by atoms with Gasteiger partial charge in [-0.25, -0.2) is 13.6 Å². The Morgan fingerprint density at radius 3 is 2.76 bits per heavy atom. The lowest BCUT2D eigenvalue weighted by molar-refractivity contribution is -0.122. The van der Waals surface area contributed by atoms with Gasteiger partial charge in [0.2, 0.25) is 5.91 Å². The van der Waals surface area contributed by atoms with Gasteiger partial charge < -0.3 is 10.3 Å². The molecule has 0 spiro atoms. The minimum Gasteiger partial charge on any atom is -0.346 e. The molecule has 2 aromatic heterocycles. The van der Waals surface area contributed by atoms with Crippen molar-refractivity contribution in [3.63, 3.8) is 0 Å². The van der Waals surface area contributed by atoms with Crippen molar-refractivity contribution in [2.24, 2.45) is 0 Å². The first-order valence-electron chi connectivity index (χ1n) is 8.49. The zero-order valence-corrected chi connectivity index (χ0v) is 15.4. The van der Waals surface area contributed by atoms with Gasteiger partial charge in [0, 0.05) is 6.20 Å². The minimum absolute atomic E-state index is 0.165. The normalized spacial score (nSPS) is 11.8. The van der Waals surface area contributed by atoms with Crippen LogP contribution in [-0.4, -0.2) is 20.4 Å². The molecular weight excluding hydrogens is 384 g/mol. The van der Waals surface area contributed by atoms with Gasteiger partial charge in [0.25, 0.3) is 5.56 Å². The second kappa shape index (κ2) is 7.63. The monoisotopic (exact) mass is 399 g/mol. The number of carbonyl (C=O) groups excluding carboxylic acids is 1. The number of hydrogen-bond donors (Lipinski definition) is 2. The van der Waals surface area contributed by atoms with Gasteiger partial charge in [-0.05, 0) is 37.6 Å². The van der Waals surface area contributed by atoms with Crippen LogP contribution in [0.4, 0.5) is 8.78 Å². The van der Waals surface area contributed by atoms with Crippen LogP contribution in [0.25, 0.3) is 10.9 Å². The summed E-state index contributed by atoms with van der Waals surface area (Å²) < 4.78 is 27.9. The zero-order valence-electron chi connectivity index (χ0n) is 15.4. The van der Waals surface area contributed by atoms with Gasteiger partial charge in [0.1, 0.15) is 18.0 Å². The number of aromatic nitrogens is 3. The number of fused-ring (bicyclic) bond motifs is 1. The number of nitriles is 1. The van der Waals surface area contributed by atoms with E-state index >= 15 is 0 Å². The summed E-state index contributed by atoms with van der Waals surface area (Å²) in [5, 5.41) is 10.8. The van der Waals surface area contributed by atoms with Gasteiger partial charge in [-0.1, -0.05) is 0 Å². The molecule has 8 nitrogen and oxygen atoms in total. The number of aromatic amines is 1. The quantitative estimate of drug-likeness (QED) is 0.687.